The fourth-order valence-corrected chi connectivity index (χ4v) is 2.84. The topological polar surface area (TPSA) is 32.3 Å². The lowest BCUT2D eigenvalue weighted by Crippen LogP contribution is -2.40. The van der Waals surface area contributed by atoms with Gasteiger partial charge in [0, 0.05) is 25.3 Å². The summed E-state index contributed by atoms with van der Waals surface area (Å²) in [6.07, 6.45) is 4.62. The van der Waals surface area contributed by atoms with Gasteiger partial charge in [0.25, 0.3) is 5.91 Å². The van der Waals surface area contributed by atoms with Gasteiger partial charge in [-0.3, -0.25) is 4.79 Å². The molecule has 0 bridgehead atoms. The van der Waals surface area contributed by atoms with E-state index in [0.29, 0.717) is 5.92 Å². The van der Waals surface area contributed by atoms with Gasteiger partial charge in [0.1, 0.15) is 0 Å². The predicted octanol–water partition coefficient (Wildman–Crippen LogP) is 3.77. The number of amides is 1. The first-order valence-electron chi connectivity index (χ1n) is 7.88. The summed E-state index contributed by atoms with van der Waals surface area (Å²) in [7, 11) is 0. The number of rotatable bonds is 5. The normalized spacial score (nSPS) is 18.9. The molecule has 1 N–H and O–H groups in total. The van der Waals surface area contributed by atoms with Crippen molar-refractivity contribution in [1.82, 2.24) is 4.90 Å². The van der Waals surface area contributed by atoms with E-state index in [-0.39, 0.29) is 5.91 Å². The minimum atomic E-state index is 0.183. The average molecular weight is 274 g/mol. The van der Waals surface area contributed by atoms with Crippen LogP contribution in [0.15, 0.2) is 24.3 Å². The highest BCUT2D eigenvalue weighted by atomic mass is 16.2. The summed E-state index contributed by atoms with van der Waals surface area (Å²) in [6, 6.07) is 7.88. The first-order chi connectivity index (χ1) is 9.76. The third kappa shape index (κ3) is 3.53. The zero-order chi connectivity index (χ0) is 14.4. The van der Waals surface area contributed by atoms with E-state index in [1.54, 1.807) is 0 Å². The number of likely N-dealkylation sites (tertiary alicyclic amines) is 1. The Morgan fingerprint density at radius 2 is 2.15 bits per heavy atom. The molecule has 1 heterocycles. The summed E-state index contributed by atoms with van der Waals surface area (Å²) < 4.78 is 0. The molecule has 1 aliphatic heterocycles. The number of carbonyl (C=O) groups excluding carboxylic acids is 1. The van der Waals surface area contributed by atoms with Gasteiger partial charge >= 0.3 is 0 Å². The van der Waals surface area contributed by atoms with Gasteiger partial charge in [0.15, 0.2) is 0 Å². The quantitative estimate of drug-likeness (QED) is 0.886. The lowest BCUT2D eigenvalue weighted by Gasteiger charge is -2.32. The van der Waals surface area contributed by atoms with E-state index in [4.69, 9.17) is 0 Å². The van der Waals surface area contributed by atoms with Gasteiger partial charge in [-0.15, -0.1) is 0 Å². The molecule has 1 fully saturated rings. The Kier molecular flexibility index (Phi) is 5.45. The molecule has 1 aromatic carbocycles. The molecule has 0 spiro atoms. The van der Waals surface area contributed by atoms with Gasteiger partial charge < -0.3 is 10.2 Å². The number of nitrogens with one attached hydrogen (secondary N) is 1. The van der Waals surface area contributed by atoms with Crippen molar-refractivity contribution in [2.75, 3.05) is 25.0 Å². The number of para-hydroxylation sites is 1. The summed E-state index contributed by atoms with van der Waals surface area (Å²) in [5, 5.41) is 3.36. The first-order valence-corrected chi connectivity index (χ1v) is 7.88. The molecule has 110 valence electrons. The molecule has 0 aliphatic carbocycles. The van der Waals surface area contributed by atoms with E-state index in [9.17, 15) is 4.79 Å². The molecule has 1 unspecified atom stereocenters. The monoisotopic (exact) mass is 274 g/mol. The molecule has 3 heteroatoms. The summed E-state index contributed by atoms with van der Waals surface area (Å²) in [5.74, 6) is 0.853. The molecular weight excluding hydrogens is 248 g/mol. The van der Waals surface area contributed by atoms with Crippen LogP contribution in [0.5, 0.6) is 0 Å². The van der Waals surface area contributed by atoms with Crippen LogP contribution in [0.1, 0.15) is 49.9 Å². The Morgan fingerprint density at radius 3 is 2.90 bits per heavy atom. The highest BCUT2D eigenvalue weighted by molar-refractivity contribution is 5.99. The molecule has 20 heavy (non-hydrogen) atoms. The maximum atomic E-state index is 12.7. The van der Waals surface area contributed by atoms with Crippen molar-refractivity contribution in [2.45, 2.75) is 39.5 Å². The van der Waals surface area contributed by atoms with Crippen molar-refractivity contribution < 1.29 is 4.79 Å². The van der Waals surface area contributed by atoms with Crippen molar-refractivity contribution in [2.24, 2.45) is 5.92 Å². The van der Waals surface area contributed by atoms with Gasteiger partial charge in [-0.2, -0.15) is 0 Å². The van der Waals surface area contributed by atoms with Gasteiger partial charge in [0.2, 0.25) is 0 Å². The van der Waals surface area contributed by atoms with Crippen molar-refractivity contribution in [1.29, 1.82) is 0 Å². The summed E-state index contributed by atoms with van der Waals surface area (Å²) in [4.78, 5) is 14.8. The number of carbonyl (C=O) groups is 1. The molecular formula is C17H26N2O. The van der Waals surface area contributed by atoms with E-state index >= 15 is 0 Å². The van der Waals surface area contributed by atoms with Crippen LogP contribution in [-0.4, -0.2) is 30.4 Å². The molecule has 2 rings (SSSR count). The SMILES string of the molecule is CCCNc1ccccc1C(=O)N1CCCC(CC)C1. The second-order valence-corrected chi connectivity index (χ2v) is 5.64. The number of hydrogen-bond donors (Lipinski definition) is 1. The molecule has 1 saturated heterocycles. The fraction of sp³-hybridized carbons (Fsp3) is 0.588. The fourth-order valence-electron chi connectivity index (χ4n) is 2.84. The van der Waals surface area contributed by atoms with Crippen LogP contribution >= 0.6 is 0 Å². The molecule has 1 atom stereocenters. The lowest BCUT2D eigenvalue weighted by molar-refractivity contribution is 0.0672. The maximum absolute atomic E-state index is 12.7. The van der Waals surface area contributed by atoms with Crippen molar-refractivity contribution >= 4 is 11.6 Å². The van der Waals surface area contributed by atoms with Crippen LogP contribution < -0.4 is 5.32 Å². The second-order valence-electron chi connectivity index (χ2n) is 5.64. The minimum Gasteiger partial charge on any atom is -0.384 e. The van der Waals surface area contributed by atoms with Crippen molar-refractivity contribution in [3.63, 3.8) is 0 Å². The zero-order valence-electron chi connectivity index (χ0n) is 12.7. The zero-order valence-corrected chi connectivity index (χ0v) is 12.7. The third-order valence-corrected chi connectivity index (χ3v) is 4.11. The number of benzene rings is 1. The molecule has 1 aliphatic rings. The lowest BCUT2D eigenvalue weighted by atomic mass is 9.95. The van der Waals surface area contributed by atoms with Crippen LogP contribution in [-0.2, 0) is 0 Å². The largest absolute Gasteiger partial charge is 0.384 e. The van der Waals surface area contributed by atoms with Gasteiger partial charge in [-0.25, -0.2) is 0 Å². The Balaban J connectivity index is 2.11. The maximum Gasteiger partial charge on any atom is 0.255 e. The molecule has 0 radical (unpaired) electrons. The first kappa shape index (κ1) is 14.9. The van der Waals surface area contributed by atoms with E-state index < -0.39 is 0 Å². The number of anilines is 1. The summed E-state index contributed by atoms with van der Waals surface area (Å²) in [5.41, 5.74) is 1.79. The molecule has 0 saturated carbocycles. The molecule has 3 nitrogen and oxygen atoms in total. The summed E-state index contributed by atoms with van der Waals surface area (Å²) >= 11 is 0. The molecule has 1 amide bonds. The van der Waals surface area contributed by atoms with Crippen LogP contribution in [0.25, 0.3) is 0 Å². The third-order valence-electron chi connectivity index (χ3n) is 4.11. The van der Waals surface area contributed by atoms with Crippen LogP contribution in [0.4, 0.5) is 5.69 Å². The predicted molar refractivity (Wildman–Crippen MR) is 84.1 cm³/mol. The van der Waals surface area contributed by atoms with Gasteiger partial charge in [0.05, 0.1) is 5.56 Å². The van der Waals surface area contributed by atoms with Crippen LogP contribution in [0.2, 0.25) is 0 Å². The van der Waals surface area contributed by atoms with E-state index in [1.807, 2.05) is 29.2 Å². The Morgan fingerprint density at radius 1 is 1.35 bits per heavy atom. The smallest absolute Gasteiger partial charge is 0.255 e. The number of hydrogen-bond acceptors (Lipinski definition) is 2. The van der Waals surface area contributed by atoms with Crippen LogP contribution in [0.3, 0.4) is 0 Å². The van der Waals surface area contributed by atoms with Crippen molar-refractivity contribution in [3.05, 3.63) is 29.8 Å². The minimum absolute atomic E-state index is 0.183. The second kappa shape index (κ2) is 7.32. The number of piperidine rings is 1. The molecule has 1 aromatic rings. The Labute approximate surface area is 122 Å². The number of nitrogens with zero attached hydrogens (tertiary/aromatic N) is 1. The van der Waals surface area contributed by atoms with Gasteiger partial charge in [-0.05, 0) is 37.3 Å². The van der Waals surface area contributed by atoms with Gasteiger partial charge in [-0.1, -0.05) is 32.4 Å². The van der Waals surface area contributed by atoms with E-state index in [1.165, 1.54) is 12.8 Å². The highest BCUT2D eigenvalue weighted by Crippen LogP contribution is 2.23. The standard InChI is InChI=1S/C17H26N2O/c1-3-11-18-16-10-6-5-9-15(16)17(20)19-12-7-8-14(4-2)13-19/h5-6,9-10,14,18H,3-4,7-8,11-13H2,1-2H3. The van der Waals surface area contributed by atoms with E-state index in [0.717, 1.165) is 43.7 Å². The van der Waals surface area contributed by atoms with Crippen LogP contribution in [0, 0.1) is 5.92 Å². The highest BCUT2D eigenvalue weighted by Gasteiger charge is 2.24. The van der Waals surface area contributed by atoms with Crippen molar-refractivity contribution in [3.8, 4) is 0 Å². The molecule has 0 aromatic heterocycles. The Bertz CT molecular complexity index is 444. The average Bonchev–Trinajstić information content (AvgIpc) is 2.52. The summed E-state index contributed by atoms with van der Waals surface area (Å²) in [6.45, 7) is 7.07. The Hall–Kier alpha value is -1.51. The van der Waals surface area contributed by atoms with E-state index in [2.05, 4.69) is 19.2 Å².